The van der Waals surface area contributed by atoms with Gasteiger partial charge < -0.3 is 20.1 Å². The number of carbonyl (C=O) groups is 1. The molecule has 3 N–H and O–H groups in total. The molecule has 1 amide bonds. The summed E-state index contributed by atoms with van der Waals surface area (Å²) < 4.78 is 29.1. The molecule has 1 aliphatic heterocycles. The van der Waals surface area contributed by atoms with Crippen LogP contribution in [0.15, 0.2) is 46.5 Å². The lowest BCUT2D eigenvalue weighted by molar-refractivity contribution is -0.121. The molecule has 9 nitrogen and oxygen atoms in total. The Balaban J connectivity index is 1.45. The number of sulfone groups is 1. The first kappa shape index (κ1) is 24.2. The SMILES string of the molecule is Cc1cc(Oc2ccc(S(C)(=O)=O)nc2)cc2cc(C3=NCC(CC(=O)NCC(C)O)S3)[nH]c12. The summed E-state index contributed by atoms with van der Waals surface area (Å²) in [6.45, 7) is 4.40. The van der Waals surface area contributed by atoms with Crippen LogP contribution >= 0.6 is 11.8 Å². The topological polar surface area (TPSA) is 134 Å². The molecule has 0 saturated heterocycles. The van der Waals surface area contributed by atoms with E-state index in [0.717, 1.165) is 33.5 Å². The Morgan fingerprint density at radius 2 is 2.12 bits per heavy atom. The van der Waals surface area contributed by atoms with Gasteiger partial charge in [0.15, 0.2) is 14.9 Å². The van der Waals surface area contributed by atoms with Crippen molar-refractivity contribution in [1.82, 2.24) is 15.3 Å². The van der Waals surface area contributed by atoms with Crippen LogP contribution < -0.4 is 10.1 Å². The number of pyridine rings is 1. The summed E-state index contributed by atoms with van der Waals surface area (Å²) in [7, 11) is -3.37. The standard InChI is InChI=1S/C23H26N4O5S2/c1-13-6-17(32-16-4-5-21(25-11-16)34(3,30)31)7-15-8-19(27-22(13)15)23-26-12-18(33-23)9-20(29)24-10-14(2)28/h4-8,11,14,18,27-28H,9-10,12H2,1-3H3,(H,24,29). The highest BCUT2D eigenvalue weighted by atomic mass is 32.2. The van der Waals surface area contributed by atoms with E-state index >= 15 is 0 Å². The number of nitrogens with zero attached hydrogens (tertiary/aromatic N) is 2. The van der Waals surface area contributed by atoms with Crippen LogP contribution in [-0.2, 0) is 14.6 Å². The van der Waals surface area contributed by atoms with Gasteiger partial charge in [-0.3, -0.25) is 9.79 Å². The van der Waals surface area contributed by atoms with Crippen molar-refractivity contribution >= 4 is 43.5 Å². The number of aliphatic hydroxyl groups is 1. The van der Waals surface area contributed by atoms with Crippen LogP contribution in [0.3, 0.4) is 0 Å². The summed E-state index contributed by atoms with van der Waals surface area (Å²) >= 11 is 1.56. The third-order valence-corrected chi connectivity index (χ3v) is 7.40. The summed E-state index contributed by atoms with van der Waals surface area (Å²) in [5.41, 5.74) is 2.83. The quantitative estimate of drug-likeness (QED) is 0.431. The third kappa shape index (κ3) is 5.78. The minimum Gasteiger partial charge on any atom is -0.456 e. The Hall–Kier alpha value is -2.89. The van der Waals surface area contributed by atoms with E-state index in [1.807, 2.05) is 25.1 Å². The van der Waals surface area contributed by atoms with Gasteiger partial charge in [0.25, 0.3) is 0 Å². The molecule has 0 radical (unpaired) electrons. The highest BCUT2D eigenvalue weighted by Gasteiger charge is 2.24. The van der Waals surface area contributed by atoms with Crippen LogP contribution in [0.5, 0.6) is 11.5 Å². The van der Waals surface area contributed by atoms with Crippen molar-refractivity contribution < 1.29 is 23.1 Å². The van der Waals surface area contributed by atoms with Gasteiger partial charge in [-0.15, -0.1) is 0 Å². The van der Waals surface area contributed by atoms with E-state index in [-0.39, 0.29) is 22.7 Å². The van der Waals surface area contributed by atoms with Gasteiger partial charge in [0.1, 0.15) is 16.5 Å². The molecular weight excluding hydrogens is 476 g/mol. The first-order valence-electron chi connectivity index (χ1n) is 10.7. The first-order valence-corrected chi connectivity index (χ1v) is 13.5. The van der Waals surface area contributed by atoms with Crippen LogP contribution in [0, 0.1) is 6.92 Å². The maximum atomic E-state index is 12.0. The van der Waals surface area contributed by atoms with Crippen LogP contribution in [0.25, 0.3) is 10.9 Å². The molecule has 1 aliphatic rings. The number of nitrogens with one attached hydrogen (secondary N) is 2. The maximum absolute atomic E-state index is 12.0. The molecule has 11 heteroatoms. The summed E-state index contributed by atoms with van der Waals surface area (Å²) in [6, 6.07) is 8.79. The molecule has 2 aromatic heterocycles. The summed E-state index contributed by atoms with van der Waals surface area (Å²) in [5.74, 6) is 0.954. The van der Waals surface area contributed by atoms with Crippen LogP contribution in [0.4, 0.5) is 0 Å². The minimum atomic E-state index is -3.37. The monoisotopic (exact) mass is 502 g/mol. The number of aryl methyl sites for hydroxylation is 1. The molecule has 1 aromatic carbocycles. The Morgan fingerprint density at radius 1 is 1.32 bits per heavy atom. The predicted molar refractivity (Wildman–Crippen MR) is 133 cm³/mol. The van der Waals surface area contributed by atoms with Gasteiger partial charge in [-0.2, -0.15) is 0 Å². The second-order valence-electron chi connectivity index (χ2n) is 8.34. The van der Waals surface area contributed by atoms with E-state index in [0.29, 0.717) is 24.5 Å². The number of aromatic nitrogens is 2. The molecular formula is C23H26N4O5S2. The van der Waals surface area contributed by atoms with Crippen molar-refractivity contribution in [3.63, 3.8) is 0 Å². The molecule has 0 fully saturated rings. The smallest absolute Gasteiger partial charge is 0.221 e. The van der Waals surface area contributed by atoms with Gasteiger partial charge in [-0.25, -0.2) is 13.4 Å². The van der Waals surface area contributed by atoms with Gasteiger partial charge in [0.05, 0.1) is 24.5 Å². The zero-order chi connectivity index (χ0) is 24.5. The number of aliphatic hydroxyl groups excluding tert-OH is 1. The van der Waals surface area contributed by atoms with Crippen LogP contribution in [-0.4, -0.2) is 65.1 Å². The predicted octanol–water partition coefficient (Wildman–Crippen LogP) is 2.82. The van der Waals surface area contributed by atoms with E-state index < -0.39 is 15.9 Å². The number of hydrogen-bond acceptors (Lipinski definition) is 8. The van der Waals surface area contributed by atoms with Crippen LogP contribution in [0.2, 0.25) is 0 Å². The number of carbonyl (C=O) groups excluding carboxylic acids is 1. The molecule has 34 heavy (non-hydrogen) atoms. The Kier molecular flexibility index (Phi) is 6.96. The number of amides is 1. The summed E-state index contributed by atoms with van der Waals surface area (Å²) in [5, 5.41) is 13.9. The number of thioether (sulfide) groups is 1. The molecule has 0 saturated carbocycles. The number of rotatable bonds is 8. The van der Waals surface area contributed by atoms with Crippen molar-refractivity contribution in [3.8, 4) is 11.5 Å². The van der Waals surface area contributed by atoms with Gasteiger partial charge in [-0.05, 0) is 49.7 Å². The number of hydrogen-bond donors (Lipinski definition) is 3. The normalized spacial score (nSPS) is 16.9. The summed E-state index contributed by atoms with van der Waals surface area (Å²) in [6.07, 6.45) is 2.27. The number of fused-ring (bicyclic) bond motifs is 1. The van der Waals surface area contributed by atoms with E-state index in [1.165, 1.54) is 12.3 Å². The third-order valence-electron chi connectivity index (χ3n) is 5.18. The molecule has 3 aromatic rings. The van der Waals surface area contributed by atoms with Crippen LogP contribution in [0.1, 0.15) is 24.6 Å². The van der Waals surface area contributed by atoms with Gasteiger partial charge in [-0.1, -0.05) is 11.8 Å². The number of benzene rings is 1. The first-order chi connectivity index (χ1) is 16.1. The molecule has 3 heterocycles. The van der Waals surface area contributed by atoms with Crippen molar-refractivity contribution in [3.05, 3.63) is 47.8 Å². The lowest BCUT2D eigenvalue weighted by Crippen LogP contribution is -2.32. The molecule has 0 bridgehead atoms. The van der Waals surface area contributed by atoms with Gasteiger partial charge in [0.2, 0.25) is 5.91 Å². The highest BCUT2D eigenvalue weighted by molar-refractivity contribution is 8.15. The maximum Gasteiger partial charge on any atom is 0.221 e. The second kappa shape index (κ2) is 9.77. The van der Waals surface area contributed by atoms with Gasteiger partial charge >= 0.3 is 0 Å². The molecule has 2 unspecified atom stereocenters. The van der Waals surface area contributed by atoms with Crippen molar-refractivity contribution in [2.45, 2.75) is 36.6 Å². The van der Waals surface area contributed by atoms with E-state index in [2.05, 4.69) is 20.3 Å². The number of H-pyrrole nitrogens is 1. The molecule has 180 valence electrons. The average Bonchev–Trinajstić information content (AvgIpc) is 3.39. The van der Waals surface area contributed by atoms with E-state index in [4.69, 9.17) is 4.74 Å². The lowest BCUT2D eigenvalue weighted by Gasteiger charge is -2.10. The minimum absolute atomic E-state index is 0.00432. The van der Waals surface area contributed by atoms with Crippen molar-refractivity contribution in [2.75, 3.05) is 19.3 Å². The fourth-order valence-corrected chi connectivity index (χ4v) is 5.21. The average molecular weight is 503 g/mol. The molecule has 0 aliphatic carbocycles. The molecule has 4 rings (SSSR count). The highest BCUT2D eigenvalue weighted by Crippen LogP contribution is 2.33. The fourth-order valence-electron chi connectivity index (χ4n) is 3.56. The van der Waals surface area contributed by atoms with Gasteiger partial charge in [0, 0.05) is 35.4 Å². The number of ether oxygens (including phenoxy) is 1. The summed E-state index contributed by atoms with van der Waals surface area (Å²) in [4.78, 5) is 24.0. The lowest BCUT2D eigenvalue weighted by atomic mass is 10.1. The number of aromatic amines is 1. The zero-order valence-electron chi connectivity index (χ0n) is 19.0. The molecule has 2 atom stereocenters. The Bertz CT molecular complexity index is 1350. The largest absolute Gasteiger partial charge is 0.456 e. The fraction of sp³-hybridized carbons (Fsp3) is 0.348. The molecule has 0 spiro atoms. The van der Waals surface area contributed by atoms with E-state index in [1.54, 1.807) is 24.8 Å². The zero-order valence-corrected chi connectivity index (χ0v) is 20.7. The second-order valence-corrected chi connectivity index (χ2v) is 11.6. The number of aliphatic imine (C=N–C) groups is 1. The van der Waals surface area contributed by atoms with Crippen molar-refractivity contribution in [1.29, 1.82) is 0 Å². The Labute approximate surface area is 202 Å². The Morgan fingerprint density at radius 3 is 2.79 bits per heavy atom. The van der Waals surface area contributed by atoms with Crippen molar-refractivity contribution in [2.24, 2.45) is 4.99 Å². The van der Waals surface area contributed by atoms with E-state index in [9.17, 15) is 18.3 Å².